The Bertz CT molecular complexity index is 988. The van der Waals surface area contributed by atoms with E-state index in [1.807, 2.05) is 10.8 Å². The predicted molar refractivity (Wildman–Crippen MR) is 99.9 cm³/mol. The van der Waals surface area contributed by atoms with E-state index in [9.17, 15) is 13.2 Å². The quantitative estimate of drug-likeness (QED) is 0.741. The smallest absolute Gasteiger partial charge is 0.326 e. The van der Waals surface area contributed by atoms with Gasteiger partial charge in [0.05, 0.1) is 24.8 Å². The molecule has 2 atom stereocenters. The molecule has 3 rings (SSSR count). The summed E-state index contributed by atoms with van der Waals surface area (Å²) in [6.45, 7) is 0.314. The summed E-state index contributed by atoms with van der Waals surface area (Å²) < 4.78 is 34.1. The van der Waals surface area contributed by atoms with Crippen molar-refractivity contribution in [2.45, 2.75) is 18.6 Å². The molecule has 1 aliphatic rings. The van der Waals surface area contributed by atoms with Crippen molar-refractivity contribution < 1.29 is 22.8 Å². The molecule has 0 saturated carbocycles. The van der Waals surface area contributed by atoms with Crippen molar-refractivity contribution >= 4 is 16.1 Å². The number of benzene rings is 2. The largest absolute Gasteiger partial charge is 0.372 e. The maximum absolute atomic E-state index is 12.8. The third kappa shape index (κ3) is 4.21. The minimum absolute atomic E-state index is 0.211. The van der Waals surface area contributed by atoms with Gasteiger partial charge in [0.15, 0.2) is 0 Å². The van der Waals surface area contributed by atoms with Crippen molar-refractivity contribution in [2.24, 2.45) is 0 Å². The first-order chi connectivity index (χ1) is 13.5. The minimum Gasteiger partial charge on any atom is -0.372 e. The van der Waals surface area contributed by atoms with Crippen molar-refractivity contribution in [3.05, 3.63) is 71.3 Å². The molecule has 1 amide bonds. The Hall–Kier alpha value is -2.77. The summed E-state index contributed by atoms with van der Waals surface area (Å²) in [6.07, 6.45) is -0.257. The average molecular weight is 401 g/mol. The minimum atomic E-state index is -4.29. The first kappa shape index (κ1) is 20.0. The van der Waals surface area contributed by atoms with Crippen molar-refractivity contribution in [2.75, 3.05) is 13.7 Å². The van der Waals surface area contributed by atoms with E-state index in [0.717, 1.165) is 4.47 Å². The number of hydrogen-bond donors (Lipinski definition) is 1. The summed E-state index contributed by atoms with van der Waals surface area (Å²) in [7, 11) is -3.08. The van der Waals surface area contributed by atoms with Crippen LogP contribution in [0, 0.1) is 11.3 Å². The number of rotatable bonds is 6. The molecule has 1 fully saturated rings. The molecule has 0 aromatic heterocycles. The standard InChI is InChI=1S/C19H19N3O5S/c1-26-22(28(24,25)21-19(23)15-7-3-2-4-8-15)17-10-11-27-18(17)16-9-5-6-14(12-16)13-20/h2-9,12,17-18H,10-11H2,1H3,(H,21,23). The Labute approximate surface area is 163 Å². The molecule has 2 unspecified atom stereocenters. The lowest BCUT2D eigenvalue weighted by Gasteiger charge is -2.29. The summed E-state index contributed by atoms with van der Waals surface area (Å²) in [4.78, 5) is 17.4. The van der Waals surface area contributed by atoms with Gasteiger partial charge in [0.2, 0.25) is 0 Å². The van der Waals surface area contributed by atoms with E-state index in [1.165, 1.54) is 19.2 Å². The molecule has 1 N–H and O–H groups in total. The Morgan fingerprint density at radius 1 is 1.25 bits per heavy atom. The molecule has 0 bridgehead atoms. The highest BCUT2D eigenvalue weighted by Gasteiger charge is 2.41. The number of carbonyl (C=O) groups is 1. The molecule has 2 aromatic carbocycles. The second-order valence-corrected chi connectivity index (χ2v) is 7.64. The lowest BCUT2D eigenvalue weighted by Crippen LogP contribution is -2.48. The lowest BCUT2D eigenvalue weighted by atomic mass is 10.0. The van der Waals surface area contributed by atoms with E-state index in [-0.39, 0.29) is 5.56 Å². The van der Waals surface area contributed by atoms with Crippen LogP contribution in [0.25, 0.3) is 0 Å². The van der Waals surface area contributed by atoms with Crippen LogP contribution >= 0.6 is 0 Å². The van der Waals surface area contributed by atoms with Gasteiger partial charge in [-0.25, -0.2) is 4.72 Å². The normalized spacial score (nSPS) is 19.3. The summed E-state index contributed by atoms with van der Waals surface area (Å²) in [5, 5.41) is 9.09. The summed E-state index contributed by atoms with van der Waals surface area (Å²) in [6, 6.07) is 16.1. The van der Waals surface area contributed by atoms with Gasteiger partial charge in [-0.1, -0.05) is 34.8 Å². The van der Waals surface area contributed by atoms with Gasteiger partial charge in [0.25, 0.3) is 5.91 Å². The van der Waals surface area contributed by atoms with E-state index in [2.05, 4.69) is 0 Å². The summed E-state index contributed by atoms with van der Waals surface area (Å²) in [5.41, 5.74) is 1.31. The van der Waals surface area contributed by atoms with Crippen LogP contribution in [0.15, 0.2) is 54.6 Å². The van der Waals surface area contributed by atoms with Gasteiger partial charge in [0.1, 0.15) is 6.10 Å². The number of amides is 1. The molecule has 146 valence electrons. The van der Waals surface area contributed by atoms with Crippen LogP contribution in [0.3, 0.4) is 0 Å². The van der Waals surface area contributed by atoms with Crippen molar-refractivity contribution in [1.29, 1.82) is 5.26 Å². The fourth-order valence-corrected chi connectivity index (χ4v) is 4.33. The second kappa shape index (κ2) is 8.50. The maximum Gasteiger partial charge on any atom is 0.326 e. The van der Waals surface area contributed by atoms with E-state index in [4.69, 9.17) is 14.8 Å². The Kier molecular flexibility index (Phi) is 6.06. The maximum atomic E-state index is 12.8. The summed E-state index contributed by atoms with van der Waals surface area (Å²) >= 11 is 0. The van der Waals surface area contributed by atoms with E-state index >= 15 is 0 Å². The zero-order valence-electron chi connectivity index (χ0n) is 15.1. The molecule has 2 aromatic rings. The first-order valence-corrected chi connectivity index (χ1v) is 9.97. The van der Waals surface area contributed by atoms with Gasteiger partial charge in [-0.2, -0.15) is 13.7 Å². The highest BCUT2D eigenvalue weighted by atomic mass is 32.2. The first-order valence-electron chi connectivity index (χ1n) is 8.53. The van der Waals surface area contributed by atoms with Crippen LogP contribution in [0.2, 0.25) is 0 Å². The van der Waals surface area contributed by atoms with Crippen LogP contribution < -0.4 is 4.72 Å². The van der Waals surface area contributed by atoms with Crippen LogP contribution in [0.4, 0.5) is 0 Å². The molecule has 0 aliphatic carbocycles. The Morgan fingerprint density at radius 3 is 2.68 bits per heavy atom. The van der Waals surface area contributed by atoms with E-state index in [1.54, 1.807) is 42.5 Å². The molecule has 9 heteroatoms. The molecule has 28 heavy (non-hydrogen) atoms. The number of nitrogens with one attached hydrogen (secondary N) is 1. The number of carbonyl (C=O) groups excluding carboxylic acids is 1. The van der Waals surface area contributed by atoms with Crippen molar-refractivity contribution in [3.8, 4) is 6.07 Å². The van der Waals surface area contributed by atoms with Crippen LogP contribution in [0.1, 0.15) is 34.0 Å². The molecular formula is C19H19N3O5S. The van der Waals surface area contributed by atoms with Crippen molar-refractivity contribution in [3.63, 3.8) is 0 Å². The third-order valence-corrected chi connectivity index (χ3v) is 5.69. The fraction of sp³-hybridized carbons (Fsp3) is 0.263. The second-order valence-electron chi connectivity index (χ2n) is 6.12. The number of nitrogens with zero attached hydrogens (tertiary/aromatic N) is 2. The van der Waals surface area contributed by atoms with Gasteiger partial charge in [-0.05, 0) is 36.2 Å². The van der Waals surface area contributed by atoms with Gasteiger partial charge >= 0.3 is 10.2 Å². The fourth-order valence-electron chi connectivity index (χ4n) is 3.12. The lowest BCUT2D eigenvalue weighted by molar-refractivity contribution is -0.0984. The van der Waals surface area contributed by atoms with Gasteiger partial charge in [-0.15, -0.1) is 0 Å². The van der Waals surface area contributed by atoms with Gasteiger partial charge in [-0.3, -0.25) is 9.63 Å². The SMILES string of the molecule is CON(C1CCOC1c1cccc(C#N)c1)S(=O)(=O)NC(=O)c1ccccc1. The van der Waals surface area contributed by atoms with Gasteiger partial charge in [0, 0.05) is 12.2 Å². The molecule has 0 spiro atoms. The number of hydrogen-bond acceptors (Lipinski definition) is 6. The average Bonchev–Trinajstić information content (AvgIpc) is 3.18. The summed E-state index contributed by atoms with van der Waals surface area (Å²) in [5.74, 6) is -0.760. The van der Waals surface area contributed by atoms with Gasteiger partial charge < -0.3 is 4.74 Å². The highest BCUT2D eigenvalue weighted by molar-refractivity contribution is 7.87. The highest BCUT2D eigenvalue weighted by Crippen LogP contribution is 2.34. The van der Waals surface area contributed by atoms with E-state index < -0.39 is 28.3 Å². The Balaban J connectivity index is 1.84. The molecule has 1 heterocycles. The molecular weight excluding hydrogens is 382 g/mol. The zero-order chi connectivity index (χ0) is 20.1. The molecule has 0 radical (unpaired) electrons. The molecule has 1 saturated heterocycles. The number of hydroxylamine groups is 1. The van der Waals surface area contributed by atoms with Crippen LogP contribution in [-0.2, 0) is 19.8 Å². The predicted octanol–water partition coefficient (Wildman–Crippen LogP) is 1.93. The van der Waals surface area contributed by atoms with Crippen LogP contribution in [-0.4, -0.2) is 38.6 Å². The third-order valence-electron chi connectivity index (χ3n) is 4.35. The Morgan fingerprint density at radius 2 is 2.00 bits per heavy atom. The zero-order valence-corrected chi connectivity index (χ0v) is 15.9. The molecule has 1 aliphatic heterocycles. The molecule has 8 nitrogen and oxygen atoms in total. The number of nitriles is 1. The van der Waals surface area contributed by atoms with Crippen molar-refractivity contribution in [1.82, 2.24) is 9.19 Å². The van der Waals surface area contributed by atoms with E-state index in [0.29, 0.717) is 24.2 Å². The monoisotopic (exact) mass is 401 g/mol. The number of ether oxygens (including phenoxy) is 1. The van der Waals surface area contributed by atoms with Crippen LogP contribution in [0.5, 0.6) is 0 Å². The topological polar surface area (TPSA) is 109 Å².